The van der Waals surface area contributed by atoms with Crippen molar-refractivity contribution in [2.24, 2.45) is 0 Å². The molecule has 0 radical (unpaired) electrons. The Balaban J connectivity index is 1.86. The second kappa shape index (κ2) is 10.1. The Morgan fingerprint density at radius 2 is 1.57 bits per heavy atom. The fourth-order valence-electron chi connectivity index (χ4n) is 2.18. The number of benzene rings is 2. The Morgan fingerprint density at radius 3 is 2.18 bits per heavy atom. The largest absolute Gasteiger partial charge is 0.462 e. The van der Waals surface area contributed by atoms with Gasteiger partial charge in [-0.25, -0.2) is 18.4 Å². The maximum absolute atomic E-state index is 13.5. The van der Waals surface area contributed by atoms with Crippen molar-refractivity contribution in [3.05, 3.63) is 65.2 Å². The highest BCUT2D eigenvalue weighted by atomic mass is 19.1. The number of anilines is 1. The SMILES string of the molecule is CCCCOC(=O)c1ccc(NC(=O)COC(=O)c2c(F)cccc2F)cc1. The van der Waals surface area contributed by atoms with Crippen molar-refractivity contribution < 1.29 is 32.6 Å². The third-order valence-corrected chi connectivity index (χ3v) is 3.64. The van der Waals surface area contributed by atoms with Gasteiger partial charge >= 0.3 is 11.9 Å². The number of unbranched alkanes of at least 4 members (excludes halogenated alkanes) is 1. The van der Waals surface area contributed by atoms with Crippen LogP contribution in [0, 0.1) is 11.6 Å². The van der Waals surface area contributed by atoms with E-state index in [4.69, 9.17) is 4.74 Å². The summed E-state index contributed by atoms with van der Waals surface area (Å²) in [5.41, 5.74) is -0.181. The van der Waals surface area contributed by atoms with Crippen molar-refractivity contribution in [2.45, 2.75) is 19.8 Å². The van der Waals surface area contributed by atoms with Gasteiger partial charge < -0.3 is 14.8 Å². The highest BCUT2D eigenvalue weighted by Crippen LogP contribution is 2.14. The first-order valence-electron chi connectivity index (χ1n) is 8.60. The molecule has 1 amide bonds. The van der Waals surface area contributed by atoms with Crippen LogP contribution in [-0.4, -0.2) is 31.1 Å². The van der Waals surface area contributed by atoms with E-state index in [9.17, 15) is 23.2 Å². The van der Waals surface area contributed by atoms with Crippen molar-refractivity contribution in [2.75, 3.05) is 18.5 Å². The van der Waals surface area contributed by atoms with Crippen molar-refractivity contribution in [3.63, 3.8) is 0 Å². The summed E-state index contributed by atoms with van der Waals surface area (Å²) in [6, 6.07) is 8.84. The number of esters is 2. The van der Waals surface area contributed by atoms with Crippen LogP contribution in [0.3, 0.4) is 0 Å². The van der Waals surface area contributed by atoms with Gasteiger partial charge in [0.1, 0.15) is 17.2 Å². The Hall–Kier alpha value is -3.29. The molecule has 0 fully saturated rings. The molecule has 0 aliphatic heterocycles. The van der Waals surface area contributed by atoms with Gasteiger partial charge in [0.2, 0.25) is 0 Å². The van der Waals surface area contributed by atoms with E-state index < -0.39 is 41.7 Å². The molecule has 28 heavy (non-hydrogen) atoms. The molecule has 148 valence electrons. The predicted molar refractivity (Wildman–Crippen MR) is 96.9 cm³/mol. The van der Waals surface area contributed by atoms with Gasteiger partial charge in [0.25, 0.3) is 5.91 Å². The maximum atomic E-state index is 13.5. The molecule has 8 heteroatoms. The lowest BCUT2D eigenvalue weighted by molar-refractivity contribution is -0.119. The Bertz CT molecular complexity index is 832. The van der Waals surface area contributed by atoms with Gasteiger partial charge in [0, 0.05) is 5.69 Å². The van der Waals surface area contributed by atoms with Crippen LogP contribution < -0.4 is 5.32 Å². The van der Waals surface area contributed by atoms with Crippen molar-refractivity contribution in [1.29, 1.82) is 0 Å². The first kappa shape index (κ1) is 21.0. The van der Waals surface area contributed by atoms with E-state index in [0.717, 1.165) is 31.0 Å². The minimum atomic E-state index is -1.28. The van der Waals surface area contributed by atoms with E-state index in [1.165, 1.54) is 24.3 Å². The van der Waals surface area contributed by atoms with Gasteiger partial charge in [-0.05, 0) is 42.8 Å². The molecule has 0 aliphatic carbocycles. The molecule has 0 aromatic heterocycles. The number of amides is 1. The van der Waals surface area contributed by atoms with Crippen molar-refractivity contribution in [3.8, 4) is 0 Å². The maximum Gasteiger partial charge on any atom is 0.344 e. The lowest BCUT2D eigenvalue weighted by Crippen LogP contribution is -2.22. The number of ether oxygens (including phenoxy) is 2. The lowest BCUT2D eigenvalue weighted by atomic mass is 10.2. The van der Waals surface area contributed by atoms with Crippen LogP contribution in [0.4, 0.5) is 14.5 Å². The molecule has 0 bridgehead atoms. The van der Waals surface area contributed by atoms with Crippen LogP contribution in [0.15, 0.2) is 42.5 Å². The third kappa shape index (κ3) is 5.87. The summed E-state index contributed by atoms with van der Waals surface area (Å²) in [5, 5.41) is 2.44. The van der Waals surface area contributed by atoms with Crippen LogP contribution >= 0.6 is 0 Å². The predicted octanol–water partition coefficient (Wildman–Crippen LogP) is 3.72. The molecule has 0 unspecified atom stereocenters. The minimum Gasteiger partial charge on any atom is -0.462 e. The Labute approximate surface area is 160 Å². The summed E-state index contributed by atoms with van der Waals surface area (Å²) in [7, 11) is 0. The minimum absolute atomic E-state index is 0.329. The smallest absolute Gasteiger partial charge is 0.344 e. The second-order valence-electron chi connectivity index (χ2n) is 5.79. The van der Waals surface area contributed by atoms with E-state index in [1.807, 2.05) is 6.92 Å². The molecule has 0 atom stereocenters. The monoisotopic (exact) mass is 391 g/mol. The number of carbonyl (C=O) groups is 3. The third-order valence-electron chi connectivity index (χ3n) is 3.64. The zero-order valence-corrected chi connectivity index (χ0v) is 15.2. The van der Waals surface area contributed by atoms with Gasteiger partial charge in [-0.1, -0.05) is 19.4 Å². The highest BCUT2D eigenvalue weighted by molar-refractivity contribution is 5.96. The van der Waals surface area contributed by atoms with E-state index in [1.54, 1.807) is 0 Å². The summed E-state index contributed by atoms with van der Waals surface area (Å²) in [6.07, 6.45) is 1.68. The summed E-state index contributed by atoms with van der Waals surface area (Å²) in [5.74, 6) is -4.61. The van der Waals surface area contributed by atoms with Crippen molar-refractivity contribution in [1.82, 2.24) is 0 Å². The number of carbonyl (C=O) groups excluding carboxylic acids is 3. The summed E-state index contributed by atoms with van der Waals surface area (Å²) in [6.45, 7) is 1.59. The molecule has 2 rings (SSSR count). The van der Waals surface area contributed by atoms with Gasteiger partial charge in [0.15, 0.2) is 6.61 Å². The number of nitrogens with one attached hydrogen (secondary N) is 1. The average molecular weight is 391 g/mol. The normalized spacial score (nSPS) is 10.2. The van der Waals surface area contributed by atoms with Gasteiger partial charge in [-0.2, -0.15) is 0 Å². The van der Waals surface area contributed by atoms with Crippen LogP contribution in [0.1, 0.15) is 40.5 Å². The van der Waals surface area contributed by atoms with E-state index >= 15 is 0 Å². The fraction of sp³-hybridized carbons (Fsp3) is 0.250. The van der Waals surface area contributed by atoms with E-state index in [-0.39, 0.29) is 0 Å². The first-order chi connectivity index (χ1) is 13.4. The van der Waals surface area contributed by atoms with Gasteiger partial charge in [0.05, 0.1) is 12.2 Å². The molecule has 2 aromatic rings. The fourth-order valence-corrected chi connectivity index (χ4v) is 2.18. The van der Waals surface area contributed by atoms with Gasteiger partial charge in [-0.3, -0.25) is 4.79 Å². The van der Waals surface area contributed by atoms with Crippen molar-refractivity contribution >= 4 is 23.5 Å². The van der Waals surface area contributed by atoms with Crippen LogP contribution in [0.25, 0.3) is 0 Å². The molecule has 2 aromatic carbocycles. The van der Waals surface area contributed by atoms with Crippen LogP contribution in [0.5, 0.6) is 0 Å². The number of hydrogen-bond acceptors (Lipinski definition) is 5. The number of rotatable bonds is 8. The summed E-state index contributed by atoms with van der Waals surface area (Å²) < 4.78 is 36.7. The molecular formula is C20H19F2NO5. The van der Waals surface area contributed by atoms with E-state index in [0.29, 0.717) is 17.9 Å². The zero-order valence-electron chi connectivity index (χ0n) is 15.2. The molecule has 0 heterocycles. The molecule has 1 N–H and O–H groups in total. The summed E-state index contributed by atoms with van der Waals surface area (Å²) >= 11 is 0. The zero-order chi connectivity index (χ0) is 20.5. The molecule has 0 saturated heterocycles. The quantitative estimate of drug-likeness (QED) is 0.548. The Kier molecular flexibility index (Phi) is 7.62. The van der Waals surface area contributed by atoms with E-state index in [2.05, 4.69) is 10.1 Å². The van der Waals surface area contributed by atoms with Gasteiger partial charge in [-0.15, -0.1) is 0 Å². The molecule has 0 spiro atoms. The molecule has 0 saturated carbocycles. The second-order valence-corrected chi connectivity index (χ2v) is 5.79. The Morgan fingerprint density at radius 1 is 0.929 bits per heavy atom. The van der Waals surface area contributed by atoms with Crippen LogP contribution in [-0.2, 0) is 14.3 Å². The lowest BCUT2D eigenvalue weighted by Gasteiger charge is -2.08. The standard InChI is InChI=1S/C20H19F2NO5/c1-2-3-11-27-19(25)13-7-9-14(10-8-13)23-17(24)12-28-20(26)18-15(21)5-4-6-16(18)22/h4-10H,2-3,11-12H2,1H3,(H,23,24). The average Bonchev–Trinajstić information content (AvgIpc) is 2.67. The molecular weight excluding hydrogens is 372 g/mol. The topological polar surface area (TPSA) is 81.7 Å². The molecule has 0 aliphatic rings. The number of hydrogen-bond donors (Lipinski definition) is 1. The highest BCUT2D eigenvalue weighted by Gasteiger charge is 2.19. The molecule has 6 nitrogen and oxygen atoms in total. The number of halogens is 2. The summed E-state index contributed by atoms with van der Waals surface area (Å²) in [4.78, 5) is 35.4. The first-order valence-corrected chi connectivity index (χ1v) is 8.60. The van der Waals surface area contributed by atoms with Crippen LogP contribution in [0.2, 0.25) is 0 Å².